The molecular weight excluding hydrogens is 404 g/mol. The van der Waals surface area contributed by atoms with Crippen molar-refractivity contribution in [3.05, 3.63) is 65.7 Å². The highest BCUT2D eigenvalue weighted by Gasteiger charge is 2.32. The molecule has 0 fully saturated rings. The molecule has 0 aliphatic carbocycles. The fourth-order valence-corrected chi connectivity index (χ4v) is 3.62. The highest BCUT2D eigenvalue weighted by atomic mass is 16.2. The van der Waals surface area contributed by atoms with Gasteiger partial charge in [-0.3, -0.25) is 14.4 Å². The highest BCUT2D eigenvalue weighted by molar-refractivity contribution is 6.20. The Morgan fingerprint density at radius 2 is 1.75 bits per heavy atom. The van der Waals surface area contributed by atoms with Crippen LogP contribution in [0.3, 0.4) is 0 Å². The van der Waals surface area contributed by atoms with E-state index in [0.29, 0.717) is 17.8 Å². The summed E-state index contributed by atoms with van der Waals surface area (Å²) in [6, 6.07) is 16.3. The van der Waals surface area contributed by atoms with E-state index in [0.717, 1.165) is 30.4 Å². The fourth-order valence-electron chi connectivity index (χ4n) is 3.62. The number of rotatable bonds is 8. The Hall–Kier alpha value is -3.48. The van der Waals surface area contributed by atoms with Gasteiger partial charge >= 0.3 is 0 Å². The van der Waals surface area contributed by atoms with Crippen molar-refractivity contribution in [2.45, 2.75) is 51.7 Å². The number of hydrogen-bond acceptors (Lipinski definition) is 4. The number of carbonyl (C=O) groups excluding carboxylic acids is 3. The summed E-state index contributed by atoms with van der Waals surface area (Å²) in [5.41, 5.74) is 3.00. The van der Waals surface area contributed by atoms with Crippen LogP contribution >= 0.6 is 0 Å². The molecule has 0 unspecified atom stereocenters. The van der Waals surface area contributed by atoms with Crippen LogP contribution in [0.15, 0.2) is 59.6 Å². The van der Waals surface area contributed by atoms with Gasteiger partial charge in [-0.2, -0.15) is 0 Å². The Labute approximate surface area is 188 Å². The molecule has 2 atom stereocenters. The lowest BCUT2D eigenvalue weighted by atomic mass is 10.0. The second-order valence-electron chi connectivity index (χ2n) is 7.92. The van der Waals surface area contributed by atoms with Gasteiger partial charge in [0.05, 0.1) is 11.4 Å². The number of anilines is 1. The summed E-state index contributed by atoms with van der Waals surface area (Å²) in [7, 11) is 1.67. The maximum absolute atomic E-state index is 13.2. The largest absolute Gasteiger partial charge is 0.345 e. The lowest BCUT2D eigenvalue weighted by Crippen LogP contribution is -2.52. The third-order valence-corrected chi connectivity index (χ3v) is 5.45. The van der Waals surface area contributed by atoms with Gasteiger partial charge in [0.2, 0.25) is 18.0 Å². The van der Waals surface area contributed by atoms with E-state index < -0.39 is 18.1 Å². The number of para-hydroxylation sites is 1. The lowest BCUT2D eigenvalue weighted by molar-refractivity contribution is -0.130. The first-order valence-electron chi connectivity index (χ1n) is 11.0. The van der Waals surface area contributed by atoms with E-state index in [1.807, 2.05) is 54.6 Å². The number of amides is 3. The number of hydrogen-bond donors (Lipinski definition) is 2. The molecule has 7 heteroatoms. The standard InChI is InChI=1S/C25H30N4O3/c1-4-5-7-16-21(30)26-17(2)24(31)28-23-25(32)29(3)20-15-11-10-14-19(20)22(27-23)18-12-8-6-9-13-18/h6,8-15,17,23H,4-5,7,16H2,1-3H3,(H,26,30)(H,28,31)/t17-,23+/m0/s1. The number of benzene rings is 2. The second-order valence-corrected chi connectivity index (χ2v) is 7.92. The van der Waals surface area contributed by atoms with E-state index >= 15 is 0 Å². The minimum absolute atomic E-state index is 0.175. The lowest BCUT2D eigenvalue weighted by Gasteiger charge is -2.22. The maximum atomic E-state index is 13.2. The van der Waals surface area contributed by atoms with Crippen molar-refractivity contribution in [1.29, 1.82) is 0 Å². The molecule has 1 aliphatic rings. The van der Waals surface area contributed by atoms with E-state index in [2.05, 4.69) is 22.5 Å². The fraction of sp³-hybridized carbons (Fsp3) is 0.360. The number of likely N-dealkylation sites (N-methyl/N-ethyl adjacent to an activating group) is 1. The first-order chi connectivity index (χ1) is 15.4. The van der Waals surface area contributed by atoms with Gasteiger partial charge in [0.25, 0.3) is 5.91 Å². The van der Waals surface area contributed by atoms with Gasteiger partial charge in [-0.15, -0.1) is 0 Å². The first-order valence-corrected chi connectivity index (χ1v) is 11.0. The van der Waals surface area contributed by atoms with Crippen LogP contribution in [0.4, 0.5) is 5.69 Å². The quantitative estimate of drug-likeness (QED) is 0.626. The summed E-state index contributed by atoms with van der Waals surface area (Å²) >= 11 is 0. The monoisotopic (exact) mass is 434 g/mol. The van der Waals surface area contributed by atoms with Crippen molar-refractivity contribution in [2.24, 2.45) is 4.99 Å². The highest BCUT2D eigenvalue weighted by Crippen LogP contribution is 2.27. The normalized spacial score (nSPS) is 16.5. The zero-order valence-corrected chi connectivity index (χ0v) is 18.8. The van der Waals surface area contributed by atoms with Crippen molar-refractivity contribution in [3.8, 4) is 0 Å². The topological polar surface area (TPSA) is 90.9 Å². The van der Waals surface area contributed by atoms with Crippen LogP contribution in [-0.4, -0.2) is 42.7 Å². The van der Waals surface area contributed by atoms with Crippen molar-refractivity contribution >= 4 is 29.1 Å². The van der Waals surface area contributed by atoms with E-state index in [1.54, 1.807) is 14.0 Å². The van der Waals surface area contributed by atoms with E-state index in [-0.39, 0.29) is 11.8 Å². The van der Waals surface area contributed by atoms with Gasteiger partial charge in [-0.05, 0) is 19.4 Å². The van der Waals surface area contributed by atoms with Crippen LogP contribution in [0.2, 0.25) is 0 Å². The molecule has 3 amide bonds. The number of unbranched alkanes of at least 4 members (excludes halogenated alkanes) is 2. The molecule has 0 saturated heterocycles. The summed E-state index contributed by atoms with van der Waals surface area (Å²) in [6.45, 7) is 3.67. The van der Waals surface area contributed by atoms with Crippen LogP contribution < -0.4 is 15.5 Å². The molecule has 7 nitrogen and oxygen atoms in total. The van der Waals surface area contributed by atoms with Crippen LogP contribution in [0, 0.1) is 0 Å². The molecule has 2 N–H and O–H groups in total. The molecule has 0 radical (unpaired) electrons. The second kappa shape index (κ2) is 10.7. The summed E-state index contributed by atoms with van der Waals surface area (Å²) < 4.78 is 0. The Morgan fingerprint density at radius 1 is 1.06 bits per heavy atom. The van der Waals surface area contributed by atoms with Gasteiger partial charge in [0.1, 0.15) is 6.04 Å². The summed E-state index contributed by atoms with van der Waals surface area (Å²) in [6.07, 6.45) is 2.04. The molecule has 0 spiro atoms. The van der Waals surface area contributed by atoms with Gasteiger partial charge in [-0.25, -0.2) is 4.99 Å². The predicted octanol–water partition coefficient (Wildman–Crippen LogP) is 3.03. The molecule has 1 heterocycles. The Morgan fingerprint density at radius 3 is 2.47 bits per heavy atom. The molecule has 3 rings (SSSR count). The number of aliphatic imine (C=N–C) groups is 1. The summed E-state index contributed by atoms with van der Waals surface area (Å²) in [5.74, 6) is -0.979. The number of fused-ring (bicyclic) bond motifs is 1. The number of carbonyl (C=O) groups is 3. The van der Waals surface area contributed by atoms with Gasteiger partial charge in [-0.1, -0.05) is 68.3 Å². The third kappa shape index (κ3) is 5.41. The molecule has 2 aromatic rings. The minimum Gasteiger partial charge on any atom is -0.345 e. The molecule has 0 saturated carbocycles. The summed E-state index contributed by atoms with van der Waals surface area (Å²) in [4.78, 5) is 44.2. The minimum atomic E-state index is -1.10. The van der Waals surface area contributed by atoms with Gasteiger partial charge < -0.3 is 15.5 Å². The number of nitrogens with one attached hydrogen (secondary N) is 2. The molecule has 1 aliphatic heterocycles. The molecule has 0 aromatic heterocycles. The first kappa shape index (κ1) is 23.2. The maximum Gasteiger partial charge on any atom is 0.272 e. The van der Waals surface area contributed by atoms with Crippen LogP contribution in [-0.2, 0) is 14.4 Å². The number of nitrogens with zero attached hydrogens (tertiary/aromatic N) is 2. The molecule has 0 bridgehead atoms. The zero-order valence-electron chi connectivity index (χ0n) is 18.8. The molecule has 168 valence electrons. The smallest absolute Gasteiger partial charge is 0.272 e. The van der Waals surface area contributed by atoms with Crippen molar-refractivity contribution in [1.82, 2.24) is 10.6 Å². The Balaban J connectivity index is 1.83. The average Bonchev–Trinajstić information content (AvgIpc) is 2.90. The van der Waals surface area contributed by atoms with E-state index in [9.17, 15) is 14.4 Å². The molecule has 32 heavy (non-hydrogen) atoms. The van der Waals surface area contributed by atoms with Gasteiger partial charge in [0, 0.05) is 24.6 Å². The Bertz CT molecular complexity index is 1000. The van der Waals surface area contributed by atoms with Crippen LogP contribution in [0.5, 0.6) is 0 Å². The molecule has 2 aromatic carbocycles. The zero-order chi connectivity index (χ0) is 23.1. The SMILES string of the molecule is CCCCCC(=O)N[C@@H](C)C(=O)N[C@H]1N=C(c2ccccc2)c2ccccc2N(C)C1=O. The van der Waals surface area contributed by atoms with Crippen molar-refractivity contribution in [3.63, 3.8) is 0 Å². The van der Waals surface area contributed by atoms with Crippen LogP contribution in [0.1, 0.15) is 50.7 Å². The van der Waals surface area contributed by atoms with Crippen molar-refractivity contribution < 1.29 is 14.4 Å². The predicted molar refractivity (Wildman–Crippen MR) is 126 cm³/mol. The average molecular weight is 435 g/mol. The number of benzodiazepines with no additional fused rings is 1. The third-order valence-electron chi connectivity index (χ3n) is 5.45. The van der Waals surface area contributed by atoms with Gasteiger partial charge in [0.15, 0.2) is 0 Å². The van der Waals surface area contributed by atoms with Crippen molar-refractivity contribution in [2.75, 3.05) is 11.9 Å². The van der Waals surface area contributed by atoms with E-state index in [1.165, 1.54) is 4.90 Å². The summed E-state index contributed by atoms with van der Waals surface area (Å²) in [5, 5.41) is 5.42. The van der Waals surface area contributed by atoms with E-state index in [4.69, 9.17) is 0 Å². The molecular formula is C25H30N4O3. The Kier molecular flexibility index (Phi) is 7.76. The van der Waals surface area contributed by atoms with Crippen LogP contribution in [0.25, 0.3) is 0 Å².